The van der Waals surface area contributed by atoms with Crippen molar-refractivity contribution in [3.63, 3.8) is 0 Å². The molecule has 1 aromatic carbocycles. The fourth-order valence-electron chi connectivity index (χ4n) is 5.13. The van der Waals surface area contributed by atoms with Gasteiger partial charge in [0.05, 0.1) is 7.11 Å². The summed E-state index contributed by atoms with van der Waals surface area (Å²) in [4.78, 5) is 8.39. The summed E-state index contributed by atoms with van der Waals surface area (Å²) in [5.74, 6) is 3.71. The van der Waals surface area contributed by atoms with E-state index in [0.717, 1.165) is 18.2 Å². The van der Waals surface area contributed by atoms with Gasteiger partial charge >= 0.3 is 0 Å². The van der Waals surface area contributed by atoms with Gasteiger partial charge in [0.15, 0.2) is 0 Å². The number of aromatic amines is 1. The van der Waals surface area contributed by atoms with Crippen molar-refractivity contribution in [2.75, 3.05) is 13.7 Å². The molecule has 2 heterocycles. The van der Waals surface area contributed by atoms with Gasteiger partial charge in [-0.2, -0.15) is 0 Å². The van der Waals surface area contributed by atoms with Crippen LogP contribution < -0.4 is 4.74 Å². The Kier molecular flexibility index (Phi) is 2.33. The van der Waals surface area contributed by atoms with Gasteiger partial charge in [0.25, 0.3) is 0 Å². The molecule has 3 heteroatoms. The van der Waals surface area contributed by atoms with Crippen LogP contribution in [-0.2, 0) is 0 Å². The van der Waals surface area contributed by atoms with Crippen molar-refractivity contribution < 1.29 is 4.74 Å². The Morgan fingerprint density at radius 2 is 2.19 bits per heavy atom. The number of nitrogens with zero attached hydrogens (tertiary/aromatic N) is 1. The zero-order chi connectivity index (χ0) is 14.0. The van der Waals surface area contributed by atoms with Gasteiger partial charge < -0.3 is 9.72 Å². The average Bonchev–Trinajstić information content (AvgIpc) is 3.21. The molecule has 2 aromatic rings. The van der Waals surface area contributed by atoms with E-state index in [-0.39, 0.29) is 0 Å². The highest BCUT2D eigenvalue weighted by molar-refractivity contribution is 5.92. The predicted octanol–water partition coefficient (Wildman–Crippen LogP) is 3.86. The van der Waals surface area contributed by atoms with E-state index in [1.165, 1.54) is 41.4 Å². The SMILES string of the molecule is COc1cccc2[nH]c3c(c12)C1CN=CC1C1CCCC31. The fraction of sp³-hybridized carbons (Fsp3) is 0.500. The molecule has 0 saturated heterocycles. The highest BCUT2D eigenvalue weighted by Crippen LogP contribution is 2.56. The molecule has 108 valence electrons. The molecule has 0 radical (unpaired) electrons. The highest BCUT2D eigenvalue weighted by atomic mass is 16.5. The lowest BCUT2D eigenvalue weighted by Gasteiger charge is -2.35. The third kappa shape index (κ3) is 1.42. The molecular weight excluding hydrogens is 260 g/mol. The Hall–Kier alpha value is -1.77. The summed E-state index contributed by atoms with van der Waals surface area (Å²) >= 11 is 0. The largest absolute Gasteiger partial charge is 0.496 e. The summed E-state index contributed by atoms with van der Waals surface area (Å²) in [6.07, 6.45) is 6.30. The maximum Gasteiger partial charge on any atom is 0.128 e. The third-order valence-corrected chi connectivity index (χ3v) is 5.92. The van der Waals surface area contributed by atoms with Crippen molar-refractivity contribution in [1.82, 2.24) is 4.98 Å². The van der Waals surface area contributed by atoms with Crippen LogP contribution in [0.4, 0.5) is 0 Å². The molecular formula is C18H20N2O. The minimum absolute atomic E-state index is 0.560. The molecule has 1 aromatic heterocycles. The van der Waals surface area contributed by atoms with Crippen LogP contribution in [-0.4, -0.2) is 24.9 Å². The van der Waals surface area contributed by atoms with Gasteiger partial charge in [-0.1, -0.05) is 12.5 Å². The number of ether oxygens (including phenoxy) is 1. The first-order chi connectivity index (χ1) is 10.4. The van der Waals surface area contributed by atoms with Crippen LogP contribution in [0.3, 0.4) is 0 Å². The van der Waals surface area contributed by atoms with Gasteiger partial charge in [-0.05, 0) is 36.5 Å². The lowest BCUT2D eigenvalue weighted by atomic mass is 9.68. The Labute approximate surface area is 124 Å². The van der Waals surface area contributed by atoms with Gasteiger partial charge in [-0.15, -0.1) is 0 Å². The number of hydrogen-bond acceptors (Lipinski definition) is 2. The number of benzene rings is 1. The Balaban J connectivity index is 1.83. The van der Waals surface area contributed by atoms with Crippen LogP contribution in [0.2, 0.25) is 0 Å². The second kappa shape index (κ2) is 4.12. The average molecular weight is 280 g/mol. The number of nitrogens with one attached hydrogen (secondary N) is 1. The number of rotatable bonds is 1. The molecule has 4 unspecified atom stereocenters. The summed E-state index contributed by atoms with van der Waals surface area (Å²) in [5, 5.41) is 1.31. The second-order valence-corrected chi connectivity index (χ2v) is 6.73. The summed E-state index contributed by atoms with van der Waals surface area (Å²) < 4.78 is 5.65. The minimum atomic E-state index is 0.560. The molecule has 1 N–H and O–H groups in total. The standard InChI is InChI=1S/C18H20N2O/c1-21-15-7-3-6-14-17(15)16-13-9-19-8-12(13)10-4-2-5-11(10)18(16)20-14/h3,6-8,10-13,20H,2,4-5,9H2,1H3. The van der Waals surface area contributed by atoms with E-state index in [4.69, 9.17) is 4.74 Å². The van der Waals surface area contributed by atoms with Gasteiger partial charge in [0.2, 0.25) is 0 Å². The molecule has 5 rings (SSSR count). The van der Waals surface area contributed by atoms with E-state index < -0.39 is 0 Å². The van der Waals surface area contributed by atoms with Crippen LogP contribution in [0.1, 0.15) is 42.4 Å². The molecule has 1 aliphatic heterocycles. The van der Waals surface area contributed by atoms with Crippen LogP contribution in [0.15, 0.2) is 23.2 Å². The van der Waals surface area contributed by atoms with E-state index in [2.05, 4.69) is 34.4 Å². The maximum atomic E-state index is 5.65. The van der Waals surface area contributed by atoms with E-state index in [0.29, 0.717) is 17.8 Å². The van der Waals surface area contributed by atoms with E-state index in [9.17, 15) is 0 Å². The van der Waals surface area contributed by atoms with Crippen molar-refractivity contribution in [2.24, 2.45) is 16.8 Å². The second-order valence-electron chi connectivity index (χ2n) is 6.73. The third-order valence-electron chi connectivity index (χ3n) is 5.92. The van der Waals surface area contributed by atoms with Crippen LogP contribution in [0, 0.1) is 11.8 Å². The molecule has 4 atom stereocenters. The number of aromatic nitrogens is 1. The minimum Gasteiger partial charge on any atom is -0.496 e. The monoisotopic (exact) mass is 280 g/mol. The van der Waals surface area contributed by atoms with Crippen molar-refractivity contribution in [2.45, 2.75) is 31.1 Å². The molecule has 0 bridgehead atoms. The van der Waals surface area contributed by atoms with E-state index in [1.807, 2.05) is 0 Å². The quantitative estimate of drug-likeness (QED) is 0.846. The van der Waals surface area contributed by atoms with Crippen LogP contribution >= 0.6 is 0 Å². The number of methoxy groups -OCH3 is 1. The van der Waals surface area contributed by atoms with E-state index in [1.54, 1.807) is 7.11 Å². The maximum absolute atomic E-state index is 5.65. The molecule has 21 heavy (non-hydrogen) atoms. The molecule has 3 aliphatic rings. The van der Waals surface area contributed by atoms with Crippen molar-refractivity contribution >= 4 is 17.1 Å². The fourth-order valence-corrected chi connectivity index (χ4v) is 5.13. The topological polar surface area (TPSA) is 37.4 Å². The van der Waals surface area contributed by atoms with Crippen molar-refractivity contribution in [3.05, 3.63) is 29.5 Å². The van der Waals surface area contributed by atoms with Gasteiger partial charge in [0, 0.05) is 47.1 Å². The highest BCUT2D eigenvalue weighted by Gasteiger charge is 2.47. The lowest BCUT2D eigenvalue weighted by molar-refractivity contribution is 0.328. The molecule has 0 amide bonds. The lowest BCUT2D eigenvalue weighted by Crippen LogP contribution is -2.29. The first-order valence-corrected chi connectivity index (χ1v) is 8.07. The van der Waals surface area contributed by atoms with Crippen molar-refractivity contribution in [1.29, 1.82) is 0 Å². The predicted molar refractivity (Wildman–Crippen MR) is 84.5 cm³/mol. The zero-order valence-electron chi connectivity index (χ0n) is 12.3. The first-order valence-electron chi connectivity index (χ1n) is 8.07. The van der Waals surface area contributed by atoms with Gasteiger partial charge in [-0.25, -0.2) is 0 Å². The number of fused-ring (bicyclic) bond motifs is 8. The molecule has 3 nitrogen and oxygen atoms in total. The zero-order valence-corrected chi connectivity index (χ0v) is 12.3. The van der Waals surface area contributed by atoms with Gasteiger partial charge in [-0.3, -0.25) is 4.99 Å². The van der Waals surface area contributed by atoms with Crippen LogP contribution in [0.5, 0.6) is 5.75 Å². The number of H-pyrrole nitrogens is 1. The Morgan fingerprint density at radius 3 is 3.10 bits per heavy atom. The molecule has 2 aliphatic carbocycles. The Morgan fingerprint density at radius 1 is 1.24 bits per heavy atom. The summed E-state index contributed by atoms with van der Waals surface area (Å²) in [5.41, 5.74) is 4.23. The number of hydrogen-bond donors (Lipinski definition) is 1. The first kappa shape index (κ1) is 11.8. The van der Waals surface area contributed by atoms with Crippen LogP contribution in [0.25, 0.3) is 10.9 Å². The molecule has 1 saturated carbocycles. The summed E-state index contributed by atoms with van der Waals surface area (Å²) in [7, 11) is 1.78. The smallest absolute Gasteiger partial charge is 0.128 e. The molecule has 0 spiro atoms. The molecule has 1 fully saturated rings. The van der Waals surface area contributed by atoms with E-state index >= 15 is 0 Å². The Bertz CT molecular complexity index is 745. The van der Waals surface area contributed by atoms with Gasteiger partial charge in [0.1, 0.15) is 5.75 Å². The normalized spacial score (nSPS) is 33.0. The summed E-state index contributed by atoms with van der Waals surface area (Å²) in [6, 6.07) is 6.35. The summed E-state index contributed by atoms with van der Waals surface area (Å²) in [6.45, 7) is 0.950. The van der Waals surface area contributed by atoms with Crippen molar-refractivity contribution in [3.8, 4) is 5.75 Å². The number of aliphatic imine (C=N–C) groups is 1.